The molecule has 2 aromatic rings. The van der Waals surface area contributed by atoms with Crippen molar-refractivity contribution >= 4 is 29.1 Å². The van der Waals surface area contributed by atoms with E-state index in [1.165, 1.54) is 0 Å². The quantitative estimate of drug-likeness (QED) is 0.876. The molecule has 1 heterocycles. The molecule has 2 rings (SSSR count). The molecule has 0 saturated carbocycles. The van der Waals surface area contributed by atoms with Crippen LogP contribution in [0.3, 0.4) is 0 Å². The Morgan fingerprint density at radius 2 is 1.82 bits per heavy atom. The van der Waals surface area contributed by atoms with Crippen LogP contribution in [0.25, 0.3) is 0 Å². The van der Waals surface area contributed by atoms with E-state index in [-0.39, 0.29) is 12.5 Å². The minimum Gasteiger partial charge on any atom is -0.451 e. The molecule has 0 aliphatic rings. The van der Waals surface area contributed by atoms with Gasteiger partial charge in [0.1, 0.15) is 0 Å². The lowest BCUT2D eigenvalue weighted by Crippen LogP contribution is -2.21. The first kappa shape index (κ1) is 16.1. The number of nitrogens with zero attached hydrogens (tertiary/aromatic N) is 2. The summed E-state index contributed by atoms with van der Waals surface area (Å²) >= 11 is 0.952. The van der Waals surface area contributed by atoms with Crippen LogP contribution in [-0.4, -0.2) is 28.1 Å². The predicted molar refractivity (Wildman–Crippen MR) is 84.2 cm³/mol. The van der Waals surface area contributed by atoms with Gasteiger partial charge in [0.25, 0.3) is 5.91 Å². The number of hydrogen-bond acceptors (Lipinski definition) is 6. The summed E-state index contributed by atoms with van der Waals surface area (Å²) in [6.45, 7) is 7.17. The first-order valence-corrected chi connectivity index (χ1v) is 7.49. The summed E-state index contributed by atoms with van der Waals surface area (Å²) in [5, 5.41) is 6.51. The fourth-order valence-electron chi connectivity index (χ4n) is 2.17. The van der Waals surface area contributed by atoms with Crippen LogP contribution in [0.1, 0.15) is 32.1 Å². The van der Waals surface area contributed by atoms with Crippen LogP contribution >= 0.6 is 11.5 Å². The maximum absolute atomic E-state index is 11.9. The van der Waals surface area contributed by atoms with Crippen LogP contribution < -0.4 is 5.32 Å². The van der Waals surface area contributed by atoms with E-state index in [0.29, 0.717) is 10.6 Å². The van der Waals surface area contributed by atoms with Crippen LogP contribution in [0.15, 0.2) is 12.1 Å². The summed E-state index contributed by atoms with van der Waals surface area (Å²) in [6.07, 6.45) is 0. The SMILES string of the molecule is Cc1cc(C)c(NC(=O)COC(=O)c2snnc2C)c(C)c1. The summed E-state index contributed by atoms with van der Waals surface area (Å²) in [7, 11) is 0. The molecule has 0 aliphatic carbocycles. The molecule has 1 amide bonds. The number of anilines is 1. The Balaban J connectivity index is 1.97. The van der Waals surface area contributed by atoms with Crippen LogP contribution in [-0.2, 0) is 9.53 Å². The molecule has 0 spiro atoms. The fourth-order valence-corrected chi connectivity index (χ4v) is 2.72. The van der Waals surface area contributed by atoms with Crippen molar-refractivity contribution in [1.29, 1.82) is 0 Å². The topological polar surface area (TPSA) is 81.2 Å². The van der Waals surface area contributed by atoms with E-state index < -0.39 is 5.97 Å². The molecular weight excluding hydrogens is 302 g/mol. The largest absolute Gasteiger partial charge is 0.451 e. The number of amides is 1. The van der Waals surface area contributed by atoms with Crippen LogP contribution in [0.4, 0.5) is 5.69 Å². The molecule has 116 valence electrons. The number of aryl methyl sites for hydroxylation is 4. The Kier molecular flexibility index (Phi) is 4.87. The van der Waals surface area contributed by atoms with E-state index in [4.69, 9.17) is 4.74 Å². The molecule has 6 nitrogen and oxygen atoms in total. The van der Waals surface area contributed by atoms with Crippen molar-refractivity contribution in [2.24, 2.45) is 0 Å². The molecule has 1 aromatic carbocycles. The van der Waals surface area contributed by atoms with Gasteiger partial charge in [-0.1, -0.05) is 22.2 Å². The summed E-state index contributed by atoms with van der Waals surface area (Å²) in [6, 6.07) is 3.97. The number of aromatic nitrogens is 2. The third-order valence-electron chi connectivity index (χ3n) is 3.11. The van der Waals surface area contributed by atoms with E-state index >= 15 is 0 Å². The minimum atomic E-state index is -0.583. The van der Waals surface area contributed by atoms with Gasteiger partial charge in [-0.25, -0.2) is 4.79 Å². The molecular formula is C15H17N3O3S. The number of hydrogen-bond donors (Lipinski definition) is 1. The van der Waals surface area contributed by atoms with Crippen molar-refractivity contribution in [2.75, 3.05) is 11.9 Å². The zero-order chi connectivity index (χ0) is 16.3. The first-order valence-electron chi connectivity index (χ1n) is 6.72. The van der Waals surface area contributed by atoms with Crippen molar-refractivity contribution in [3.05, 3.63) is 39.4 Å². The highest BCUT2D eigenvalue weighted by atomic mass is 32.1. The normalized spacial score (nSPS) is 10.4. The van der Waals surface area contributed by atoms with Gasteiger partial charge in [-0.15, -0.1) is 5.10 Å². The molecule has 0 radical (unpaired) electrons. The van der Waals surface area contributed by atoms with Gasteiger partial charge in [-0.3, -0.25) is 4.79 Å². The zero-order valence-electron chi connectivity index (χ0n) is 12.9. The lowest BCUT2D eigenvalue weighted by molar-refractivity contribution is -0.119. The molecule has 0 unspecified atom stereocenters. The predicted octanol–water partition coefficient (Wildman–Crippen LogP) is 2.57. The average Bonchev–Trinajstić information content (AvgIpc) is 2.86. The third-order valence-corrected chi connectivity index (χ3v) is 3.92. The number of carbonyl (C=O) groups is 2. The number of nitrogens with one attached hydrogen (secondary N) is 1. The minimum absolute atomic E-state index is 0.315. The average molecular weight is 319 g/mol. The van der Waals surface area contributed by atoms with Crippen molar-refractivity contribution in [3.8, 4) is 0 Å². The second-order valence-corrected chi connectivity index (χ2v) is 5.84. The van der Waals surface area contributed by atoms with Gasteiger partial charge in [-0.05, 0) is 50.4 Å². The van der Waals surface area contributed by atoms with E-state index in [1.807, 2.05) is 32.9 Å². The standard InChI is InChI=1S/C15H17N3O3S/c1-8-5-9(2)13(10(3)6-8)16-12(19)7-21-15(20)14-11(4)17-18-22-14/h5-6H,7H2,1-4H3,(H,16,19). The van der Waals surface area contributed by atoms with Gasteiger partial charge in [-0.2, -0.15) is 0 Å². The van der Waals surface area contributed by atoms with Gasteiger partial charge in [0, 0.05) is 5.69 Å². The molecule has 1 N–H and O–H groups in total. The summed E-state index contributed by atoms with van der Waals surface area (Å²) < 4.78 is 8.64. The third kappa shape index (κ3) is 3.67. The summed E-state index contributed by atoms with van der Waals surface area (Å²) in [5.41, 5.74) is 4.33. The maximum Gasteiger partial charge on any atom is 0.352 e. The Bertz CT molecular complexity index is 702. The molecule has 0 saturated heterocycles. The van der Waals surface area contributed by atoms with Crippen LogP contribution in [0.2, 0.25) is 0 Å². The van der Waals surface area contributed by atoms with Crippen molar-refractivity contribution in [3.63, 3.8) is 0 Å². The van der Waals surface area contributed by atoms with Crippen molar-refractivity contribution < 1.29 is 14.3 Å². The summed E-state index contributed by atoms with van der Waals surface area (Å²) in [5.74, 6) is -0.960. The number of carbonyl (C=O) groups excluding carboxylic acids is 2. The molecule has 0 bridgehead atoms. The molecule has 0 atom stereocenters. The number of ether oxygens (including phenoxy) is 1. The van der Waals surface area contributed by atoms with Crippen molar-refractivity contribution in [2.45, 2.75) is 27.7 Å². The lowest BCUT2D eigenvalue weighted by atomic mass is 10.1. The maximum atomic E-state index is 11.9. The zero-order valence-corrected chi connectivity index (χ0v) is 13.7. The molecule has 0 aliphatic heterocycles. The van der Waals surface area contributed by atoms with Gasteiger partial charge < -0.3 is 10.1 Å². The van der Waals surface area contributed by atoms with Gasteiger partial charge in [0.15, 0.2) is 11.5 Å². The molecule has 0 fully saturated rings. The Morgan fingerprint density at radius 3 is 2.36 bits per heavy atom. The Morgan fingerprint density at radius 1 is 1.18 bits per heavy atom. The Hall–Kier alpha value is -2.28. The molecule has 7 heteroatoms. The highest BCUT2D eigenvalue weighted by molar-refractivity contribution is 7.07. The van der Waals surface area contributed by atoms with E-state index in [2.05, 4.69) is 14.9 Å². The van der Waals surface area contributed by atoms with E-state index in [9.17, 15) is 9.59 Å². The highest BCUT2D eigenvalue weighted by Gasteiger charge is 2.16. The second kappa shape index (κ2) is 6.65. The van der Waals surface area contributed by atoms with E-state index in [1.54, 1.807) is 6.92 Å². The number of rotatable bonds is 4. The van der Waals surface area contributed by atoms with Crippen molar-refractivity contribution in [1.82, 2.24) is 9.59 Å². The van der Waals surface area contributed by atoms with Gasteiger partial charge in [0.05, 0.1) is 5.69 Å². The van der Waals surface area contributed by atoms with Crippen LogP contribution in [0.5, 0.6) is 0 Å². The fraction of sp³-hybridized carbons (Fsp3) is 0.333. The van der Waals surface area contributed by atoms with E-state index in [0.717, 1.165) is 33.9 Å². The summed E-state index contributed by atoms with van der Waals surface area (Å²) in [4.78, 5) is 24.1. The molecule has 1 aromatic heterocycles. The monoisotopic (exact) mass is 319 g/mol. The van der Waals surface area contributed by atoms with Gasteiger partial charge in [0.2, 0.25) is 0 Å². The highest BCUT2D eigenvalue weighted by Crippen LogP contribution is 2.21. The number of benzene rings is 1. The van der Waals surface area contributed by atoms with Gasteiger partial charge >= 0.3 is 5.97 Å². The van der Waals surface area contributed by atoms with Crippen LogP contribution in [0, 0.1) is 27.7 Å². The smallest absolute Gasteiger partial charge is 0.352 e. The number of esters is 1. The molecule has 22 heavy (non-hydrogen) atoms. The first-order chi connectivity index (χ1) is 10.4. The lowest BCUT2D eigenvalue weighted by Gasteiger charge is -2.12. The second-order valence-electron chi connectivity index (χ2n) is 5.09. The Labute approximate surface area is 132 Å².